The van der Waals surface area contributed by atoms with E-state index in [0.29, 0.717) is 17.5 Å². The van der Waals surface area contributed by atoms with Gasteiger partial charge in [-0.25, -0.2) is 9.97 Å². The number of aliphatic hydroxyl groups is 1. The first kappa shape index (κ1) is 12.9. The molecule has 4 nitrogen and oxygen atoms in total. The Bertz CT molecular complexity index is 318. The van der Waals surface area contributed by atoms with Crippen LogP contribution in [0.5, 0.6) is 5.88 Å². The lowest BCUT2D eigenvalue weighted by Gasteiger charge is -2.15. The highest BCUT2D eigenvalue weighted by molar-refractivity contribution is 5.15. The first-order valence-corrected chi connectivity index (χ1v) is 5.71. The van der Waals surface area contributed by atoms with Gasteiger partial charge in [0.25, 0.3) is 0 Å². The molecule has 2 atom stereocenters. The van der Waals surface area contributed by atoms with Crippen LogP contribution in [0.25, 0.3) is 0 Å². The van der Waals surface area contributed by atoms with Gasteiger partial charge in [0.15, 0.2) is 0 Å². The van der Waals surface area contributed by atoms with Crippen LogP contribution in [0.2, 0.25) is 0 Å². The summed E-state index contributed by atoms with van der Waals surface area (Å²) in [4.78, 5) is 7.97. The largest absolute Gasteiger partial charge is 0.481 e. The summed E-state index contributed by atoms with van der Waals surface area (Å²) in [6.45, 7) is 4.29. The zero-order valence-electron chi connectivity index (χ0n) is 10.2. The molecule has 0 amide bonds. The highest BCUT2D eigenvalue weighted by atomic mass is 16.5. The molecular weight excluding hydrogens is 204 g/mol. The molecule has 1 heterocycles. The fourth-order valence-corrected chi connectivity index (χ4v) is 1.76. The van der Waals surface area contributed by atoms with Crippen molar-refractivity contribution in [3.63, 3.8) is 0 Å². The Morgan fingerprint density at radius 1 is 1.44 bits per heavy atom. The Hall–Kier alpha value is -1.16. The average molecular weight is 224 g/mol. The summed E-state index contributed by atoms with van der Waals surface area (Å²) < 4.78 is 5.00. The minimum Gasteiger partial charge on any atom is -0.481 e. The van der Waals surface area contributed by atoms with Gasteiger partial charge < -0.3 is 9.84 Å². The summed E-state index contributed by atoms with van der Waals surface area (Å²) >= 11 is 0. The smallest absolute Gasteiger partial charge is 0.216 e. The molecule has 2 unspecified atom stereocenters. The van der Waals surface area contributed by atoms with Crippen LogP contribution in [0.4, 0.5) is 0 Å². The van der Waals surface area contributed by atoms with Crippen LogP contribution in [0.1, 0.15) is 44.9 Å². The molecule has 0 bridgehead atoms. The van der Waals surface area contributed by atoms with E-state index in [-0.39, 0.29) is 0 Å². The zero-order chi connectivity index (χ0) is 12.0. The second kappa shape index (κ2) is 6.43. The summed E-state index contributed by atoms with van der Waals surface area (Å²) in [6, 6.07) is 1.68. The quantitative estimate of drug-likeness (QED) is 0.805. The van der Waals surface area contributed by atoms with E-state index in [4.69, 9.17) is 4.74 Å². The number of aliphatic hydroxyl groups excluding tert-OH is 1. The predicted octanol–water partition coefficient (Wildman–Crippen LogP) is 2.34. The fraction of sp³-hybridized carbons (Fsp3) is 0.667. The molecule has 0 aliphatic heterocycles. The molecule has 90 valence electrons. The highest BCUT2D eigenvalue weighted by Gasteiger charge is 2.14. The molecular formula is C12H20N2O2. The van der Waals surface area contributed by atoms with Crippen LogP contribution in [-0.4, -0.2) is 22.2 Å². The minimum absolute atomic E-state index is 0.493. The third-order valence-electron chi connectivity index (χ3n) is 2.62. The second-order valence-corrected chi connectivity index (χ2v) is 4.13. The lowest BCUT2D eigenvalue weighted by atomic mass is 9.97. The first-order valence-electron chi connectivity index (χ1n) is 5.71. The molecule has 0 spiro atoms. The van der Waals surface area contributed by atoms with Crippen molar-refractivity contribution in [3.8, 4) is 5.88 Å². The van der Waals surface area contributed by atoms with Crippen molar-refractivity contribution in [1.82, 2.24) is 9.97 Å². The molecule has 4 heteroatoms. The summed E-state index contributed by atoms with van der Waals surface area (Å²) in [7, 11) is 1.55. The molecule has 1 rings (SSSR count). The van der Waals surface area contributed by atoms with E-state index in [1.54, 1.807) is 13.2 Å². The van der Waals surface area contributed by atoms with E-state index in [1.165, 1.54) is 6.33 Å². The maximum atomic E-state index is 9.99. The summed E-state index contributed by atoms with van der Waals surface area (Å²) in [6.07, 6.45) is 3.88. The van der Waals surface area contributed by atoms with Crippen LogP contribution < -0.4 is 4.74 Å². The third-order valence-corrected chi connectivity index (χ3v) is 2.62. The van der Waals surface area contributed by atoms with Crippen molar-refractivity contribution >= 4 is 0 Å². The van der Waals surface area contributed by atoms with Gasteiger partial charge in [-0.1, -0.05) is 26.7 Å². The van der Waals surface area contributed by atoms with Crippen molar-refractivity contribution in [1.29, 1.82) is 0 Å². The van der Waals surface area contributed by atoms with Crippen LogP contribution in [0, 0.1) is 5.92 Å². The van der Waals surface area contributed by atoms with Gasteiger partial charge in [0.1, 0.15) is 6.33 Å². The third kappa shape index (κ3) is 3.77. The highest BCUT2D eigenvalue weighted by Crippen LogP contribution is 2.23. The Labute approximate surface area is 96.7 Å². The van der Waals surface area contributed by atoms with Crippen LogP contribution in [0.15, 0.2) is 12.4 Å². The lowest BCUT2D eigenvalue weighted by Crippen LogP contribution is -2.07. The van der Waals surface area contributed by atoms with Crippen molar-refractivity contribution < 1.29 is 9.84 Å². The van der Waals surface area contributed by atoms with Crippen LogP contribution in [0.3, 0.4) is 0 Å². The Morgan fingerprint density at radius 3 is 2.81 bits per heavy atom. The fourth-order valence-electron chi connectivity index (χ4n) is 1.76. The van der Waals surface area contributed by atoms with E-state index < -0.39 is 6.10 Å². The van der Waals surface area contributed by atoms with Crippen LogP contribution in [-0.2, 0) is 0 Å². The molecule has 1 aromatic rings. The first-order chi connectivity index (χ1) is 7.67. The molecule has 0 aliphatic carbocycles. The molecule has 1 N–H and O–H groups in total. The number of ether oxygens (including phenoxy) is 1. The van der Waals surface area contributed by atoms with E-state index in [9.17, 15) is 5.11 Å². The van der Waals surface area contributed by atoms with Gasteiger partial charge in [0.05, 0.1) is 18.9 Å². The lowest BCUT2D eigenvalue weighted by molar-refractivity contribution is 0.140. The monoisotopic (exact) mass is 224 g/mol. The van der Waals surface area contributed by atoms with E-state index in [1.807, 2.05) is 0 Å². The molecule has 0 saturated carbocycles. The average Bonchev–Trinajstić information content (AvgIpc) is 2.29. The SMILES string of the molecule is CCCC(C)CC(O)c1cc(OC)ncn1. The topological polar surface area (TPSA) is 55.2 Å². The van der Waals surface area contributed by atoms with Gasteiger partial charge in [-0.05, 0) is 12.3 Å². The molecule has 0 saturated heterocycles. The van der Waals surface area contributed by atoms with Crippen molar-refractivity contribution in [2.24, 2.45) is 5.92 Å². The number of hydrogen-bond acceptors (Lipinski definition) is 4. The Kier molecular flexibility index (Phi) is 5.19. The van der Waals surface area contributed by atoms with Gasteiger partial charge in [-0.3, -0.25) is 0 Å². The number of rotatable bonds is 6. The predicted molar refractivity (Wildman–Crippen MR) is 62.2 cm³/mol. The van der Waals surface area contributed by atoms with Crippen molar-refractivity contribution in [2.75, 3.05) is 7.11 Å². The zero-order valence-corrected chi connectivity index (χ0v) is 10.2. The molecule has 0 aromatic carbocycles. The van der Waals surface area contributed by atoms with E-state index in [0.717, 1.165) is 19.3 Å². The summed E-state index contributed by atoms with van der Waals surface area (Å²) in [5, 5.41) is 9.99. The molecule has 1 aromatic heterocycles. The Morgan fingerprint density at radius 2 is 2.19 bits per heavy atom. The number of nitrogens with zero attached hydrogens (tertiary/aromatic N) is 2. The second-order valence-electron chi connectivity index (χ2n) is 4.13. The number of aromatic nitrogens is 2. The minimum atomic E-state index is -0.529. The maximum absolute atomic E-state index is 9.99. The Balaban J connectivity index is 2.61. The number of methoxy groups -OCH3 is 1. The van der Waals surface area contributed by atoms with Gasteiger partial charge in [0.2, 0.25) is 5.88 Å². The standard InChI is InChI=1S/C12H20N2O2/c1-4-5-9(2)6-11(15)10-7-12(16-3)14-8-13-10/h7-9,11,15H,4-6H2,1-3H3. The van der Waals surface area contributed by atoms with Crippen molar-refractivity contribution in [2.45, 2.75) is 39.2 Å². The molecule has 0 aliphatic rings. The van der Waals surface area contributed by atoms with Crippen LogP contribution >= 0.6 is 0 Å². The van der Waals surface area contributed by atoms with Gasteiger partial charge in [-0.2, -0.15) is 0 Å². The molecule has 16 heavy (non-hydrogen) atoms. The van der Waals surface area contributed by atoms with Crippen molar-refractivity contribution in [3.05, 3.63) is 18.1 Å². The van der Waals surface area contributed by atoms with Gasteiger partial charge in [0, 0.05) is 6.07 Å². The van der Waals surface area contributed by atoms with Gasteiger partial charge in [-0.15, -0.1) is 0 Å². The van der Waals surface area contributed by atoms with E-state index >= 15 is 0 Å². The number of hydrogen-bond donors (Lipinski definition) is 1. The normalized spacial score (nSPS) is 14.5. The molecule has 0 fully saturated rings. The summed E-state index contributed by atoms with van der Waals surface area (Å²) in [5.74, 6) is 0.994. The maximum Gasteiger partial charge on any atom is 0.216 e. The molecule has 0 radical (unpaired) electrons. The summed E-state index contributed by atoms with van der Waals surface area (Å²) in [5.41, 5.74) is 0.634. The van der Waals surface area contributed by atoms with E-state index in [2.05, 4.69) is 23.8 Å². The van der Waals surface area contributed by atoms with Gasteiger partial charge >= 0.3 is 0 Å².